The van der Waals surface area contributed by atoms with Crippen LogP contribution >= 0.6 is 0 Å². The molecule has 1 aliphatic heterocycles. The topological polar surface area (TPSA) is 24.5 Å². The highest BCUT2D eigenvalue weighted by Gasteiger charge is 2.18. The van der Waals surface area contributed by atoms with Crippen molar-refractivity contribution in [2.75, 3.05) is 26.2 Å². The Balaban J connectivity index is 1.43. The summed E-state index contributed by atoms with van der Waals surface area (Å²) in [6.07, 6.45) is 5.49. The van der Waals surface area contributed by atoms with Crippen molar-refractivity contribution in [1.82, 2.24) is 10.2 Å². The van der Waals surface area contributed by atoms with E-state index in [4.69, 9.17) is 4.74 Å². The third-order valence-corrected chi connectivity index (χ3v) is 4.91. The van der Waals surface area contributed by atoms with E-state index in [0.717, 1.165) is 50.5 Å². The van der Waals surface area contributed by atoms with E-state index in [-0.39, 0.29) is 0 Å². The van der Waals surface area contributed by atoms with Gasteiger partial charge < -0.3 is 10.1 Å². The number of hydrogen-bond acceptors (Lipinski definition) is 3. The molecular weight excluding hydrogens is 260 g/mol. The predicted molar refractivity (Wildman–Crippen MR) is 86.6 cm³/mol. The zero-order chi connectivity index (χ0) is 14.5. The molecule has 3 rings (SSSR count). The molecule has 0 atom stereocenters. The highest BCUT2D eigenvalue weighted by Crippen LogP contribution is 2.24. The average molecular weight is 288 g/mol. The van der Waals surface area contributed by atoms with Gasteiger partial charge in [-0.3, -0.25) is 4.90 Å². The lowest BCUT2D eigenvalue weighted by atomic mass is 9.87. The standard InChI is InChI=1S/C18H28N2O/c1-15-6-8-17(9-7-15)19-10-11-20-12-13-21-18-5-3-2-4-16(18)14-20/h2-5,15,17,19H,6-14H2,1H3. The smallest absolute Gasteiger partial charge is 0.123 e. The first kappa shape index (κ1) is 14.9. The second-order valence-corrected chi connectivity index (χ2v) is 6.64. The quantitative estimate of drug-likeness (QED) is 0.921. The van der Waals surface area contributed by atoms with Gasteiger partial charge in [0.25, 0.3) is 0 Å². The molecule has 21 heavy (non-hydrogen) atoms. The molecule has 0 amide bonds. The molecule has 0 spiro atoms. The van der Waals surface area contributed by atoms with Crippen LogP contribution in [0.2, 0.25) is 0 Å². The van der Waals surface area contributed by atoms with Gasteiger partial charge >= 0.3 is 0 Å². The van der Waals surface area contributed by atoms with E-state index in [9.17, 15) is 0 Å². The zero-order valence-corrected chi connectivity index (χ0v) is 13.2. The zero-order valence-electron chi connectivity index (χ0n) is 13.2. The Bertz CT molecular complexity index is 441. The molecule has 1 saturated carbocycles. The van der Waals surface area contributed by atoms with Gasteiger partial charge in [0, 0.05) is 37.8 Å². The summed E-state index contributed by atoms with van der Waals surface area (Å²) >= 11 is 0. The lowest BCUT2D eigenvalue weighted by Crippen LogP contribution is -2.39. The van der Waals surface area contributed by atoms with Gasteiger partial charge in [0.15, 0.2) is 0 Å². The number of benzene rings is 1. The van der Waals surface area contributed by atoms with Crippen molar-refractivity contribution in [2.45, 2.75) is 45.2 Å². The van der Waals surface area contributed by atoms with Crippen LogP contribution in [0.25, 0.3) is 0 Å². The van der Waals surface area contributed by atoms with E-state index >= 15 is 0 Å². The second-order valence-electron chi connectivity index (χ2n) is 6.64. The monoisotopic (exact) mass is 288 g/mol. The first-order chi connectivity index (χ1) is 10.3. The molecule has 1 aliphatic carbocycles. The maximum Gasteiger partial charge on any atom is 0.123 e. The number of nitrogens with zero attached hydrogens (tertiary/aromatic N) is 1. The van der Waals surface area contributed by atoms with E-state index in [1.807, 2.05) is 0 Å². The van der Waals surface area contributed by atoms with E-state index in [1.54, 1.807) is 0 Å². The van der Waals surface area contributed by atoms with Gasteiger partial charge in [-0.1, -0.05) is 25.1 Å². The number of rotatable bonds is 4. The molecular formula is C18H28N2O. The van der Waals surface area contributed by atoms with Crippen LogP contribution in [0.4, 0.5) is 0 Å². The van der Waals surface area contributed by atoms with Gasteiger partial charge in [-0.2, -0.15) is 0 Å². The third-order valence-electron chi connectivity index (χ3n) is 4.91. The van der Waals surface area contributed by atoms with Crippen molar-refractivity contribution in [3.8, 4) is 5.75 Å². The van der Waals surface area contributed by atoms with E-state index in [0.29, 0.717) is 0 Å². The molecule has 1 N–H and O–H groups in total. The van der Waals surface area contributed by atoms with Gasteiger partial charge in [-0.15, -0.1) is 0 Å². The number of nitrogens with one attached hydrogen (secondary N) is 1. The van der Waals surface area contributed by atoms with Crippen LogP contribution in [0.1, 0.15) is 38.2 Å². The summed E-state index contributed by atoms with van der Waals surface area (Å²) in [7, 11) is 0. The van der Waals surface area contributed by atoms with Crippen LogP contribution in [0.15, 0.2) is 24.3 Å². The van der Waals surface area contributed by atoms with E-state index in [2.05, 4.69) is 41.4 Å². The second kappa shape index (κ2) is 7.28. The number of para-hydroxylation sites is 1. The Hall–Kier alpha value is -1.06. The van der Waals surface area contributed by atoms with E-state index < -0.39 is 0 Å². The fourth-order valence-corrected chi connectivity index (χ4v) is 3.46. The van der Waals surface area contributed by atoms with Gasteiger partial charge in [0.2, 0.25) is 0 Å². The first-order valence-corrected chi connectivity index (χ1v) is 8.47. The Morgan fingerprint density at radius 1 is 1.19 bits per heavy atom. The Labute approximate surface area is 128 Å². The molecule has 0 bridgehead atoms. The molecule has 3 nitrogen and oxygen atoms in total. The molecule has 1 fully saturated rings. The van der Waals surface area contributed by atoms with Gasteiger partial charge in [-0.25, -0.2) is 0 Å². The van der Waals surface area contributed by atoms with Gasteiger partial charge in [0.1, 0.15) is 12.4 Å². The normalized spacial score (nSPS) is 26.7. The predicted octanol–water partition coefficient (Wildman–Crippen LogP) is 3.05. The molecule has 2 aliphatic rings. The van der Waals surface area contributed by atoms with Gasteiger partial charge in [-0.05, 0) is 37.7 Å². The molecule has 116 valence electrons. The average Bonchev–Trinajstić information content (AvgIpc) is 2.71. The first-order valence-electron chi connectivity index (χ1n) is 8.47. The van der Waals surface area contributed by atoms with Crippen molar-refractivity contribution in [3.63, 3.8) is 0 Å². The highest BCUT2D eigenvalue weighted by atomic mass is 16.5. The van der Waals surface area contributed by atoms with Crippen LogP contribution in [-0.4, -0.2) is 37.2 Å². The van der Waals surface area contributed by atoms with Crippen LogP contribution in [-0.2, 0) is 6.54 Å². The lowest BCUT2D eigenvalue weighted by molar-refractivity contribution is 0.218. The molecule has 1 aromatic carbocycles. The minimum Gasteiger partial charge on any atom is -0.492 e. The van der Waals surface area contributed by atoms with Gasteiger partial charge in [0.05, 0.1) is 0 Å². The molecule has 0 saturated heterocycles. The fraction of sp³-hybridized carbons (Fsp3) is 0.667. The van der Waals surface area contributed by atoms with Crippen molar-refractivity contribution >= 4 is 0 Å². The van der Waals surface area contributed by atoms with Crippen LogP contribution in [0, 0.1) is 5.92 Å². The van der Waals surface area contributed by atoms with Crippen molar-refractivity contribution in [2.24, 2.45) is 5.92 Å². The molecule has 0 radical (unpaired) electrons. The summed E-state index contributed by atoms with van der Waals surface area (Å²) in [5, 5.41) is 3.75. The molecule has 1 aromatic rings. The molecule has 3 heteroatoms. The van der Waals surface area contributed by atoms with Crippen molar-refractivity contribution < 1.29 is 4.74 Å². The number of ether oxygens (including phenoxy) is 1. The van der Waals surface area contributed by atoms with Crippen LogP contribution in [0.3, 0.4) is 0 Å². The number of hydrogen-bond donors (Lipinski definition) is 1. The fourth-order valence-electron chi connectivity index (χ4n) is 3.46. The van der Waals surface area contributed by atoms with Crippen molar-refractivity contribution in [3.05, 3.63) is 29.8 Å². The highest BCUT2D eigenvalue weighted by molar-refractivity contribution is 5.33. The minimum absolute atomic E-state index is 0.747. The third kappa shape index (κ3) is 4.21. The lowest BCUT2D eigenvalue weighted by Gasteiger charge is -2.28. The summed E-state index contributed by atoms with van der Waals surface area (Å²) in [5.74, 6) is 2.00. The number of fused-ring (bicyclic) bond motifs is 1. The largest absolute Gasteiger partial charge is 0.492 e. The van der Waals surface area contributed by atoms with E-state index in [1.165, 1.54) is 31.2 Å². The molecule has 0 unspecified atom stereocenters. The summed E-state index contributed by atoms with van der Waals surface area (Å²) in [4.78, 5) is 2.50. The SMILES string of the molecule is CC1CCC(NCCN2CCOc3ccccc3C2)CC1. The Morgan fingerprint density at radius 3 is 2.86 bits per heavy atom. The molecule has 1 heterocycles. The minimum atomic E-state index is 0.747. The summed E-state index contributed by atoms with van der Waals surface area (Å²) in [5.41, 5.74) is 1.32. The summed E-state index contributed by atoms with van der Waals surface area (Å²) in [6.45, 7) is 7.44. The summed E-state index contributed by atoms with van der Waals surface area (Å²) < 4.78 is 5.82. The molecule has 0 aromatic heterocycles. The maximum atomic E-state index is 5.82. The van der Waals surface area contributed by atoms with Crippen LogP contribution in [0.5, 0.6) is 5.75 Å². The summed E-state index contributed by atoms with van der Waals surface area (Å²) in [6, 6.07) is 9.17. The van der Waals surface area contributed by atoms with Crippen LogP contribution < -0.4 is 10.1 Å². The van der Waals surface area contributed by atoms with Crippen molar-refractivity contribution in [1.29, 1.82) is 0 Å². The Morgan fingerprint density at radius 2 is 2.00 bits per heavy atom. The Kier molecular flexibility index (Phi) is 5.15. The maximum absolute atomic E-state index is 5.82.